The van der Waals surface area contributed by atoms with Crippen LogP contribution in [0.25, 0.3) is 0 Å². The number of nitrogens with zero attached hydrogens (tertiary/aromatic N) is 2. The first-order chi connectivity index (χ1) is 10.7. The van der Waals surface area contributed by atoms with E-state index in [1.165, 1.54) is 0 Å². The number of benzene rings is 1. The molecular formula is C17H21N3O2. The SMILES string of the molecule is C=CCN(Cc1cccn1C)C(=O)Nc1ccccc1OC. The molecule has 116 valence electrons. The van der Waals surface area contributed by atoms with E-state index < -0.39 is 0 Å². The zero-order valence-corrected chi connectivity index (χ0v) is 13.0. The third-order valence-electron chi connectivity index (χ3n) is 3.39. The molecule has 2 amide bonds. The lowest BCUT2D eigenvalue weighted by molar-refractivity contribution is 0.214. The fourth-order valence-electron chi connectivity index (χ4n) is 2.17. The largest absolute Gasteiger partial charge is 0.495 e. The number of carbonyl (C=O) groups excluding carboxylic acids is 1. The zero-order chi connectivity index (χ0) is 15.9. The van der Waals surface area contributed by atoms with Gasteiger partial charge in [-0.1, -0.05) is 18.2 Å². The molecule has 1 heterocycles. The number of urea groups is 1. The quantitative estimate of drug-likeness (QED) is 0.832. The van der Waals surface area contributed by atoms with Crippen LogP contribution in [0.15, 0.2) is 55.3 Å². The van der Waals surface area contributed by atoms with Gasteiger partial charge in [0.15, 0.2) is 0 Å². The van der Waals surface area contributed by atoms with Gasteiger partial charge in [0.05, 0.1) is 19.3 Å². The zero-order valence-electron chi connectivity index (χ0n) is 13.0. The fourth-order valence-corrected chi connectivity index (χ4v) is 2.17. The number of carbonyl (C=O) groups is 1. The molecule has 1 aromatic heterocycles. The number of aromatic nitrogens is 1. The van der Waals surface area contributed by atoms with Crippen LogP contribution in [0.4, 0.5) is 10.5 Å². The van der Waals surface area contributed by atoms with Crippen molar-refractivity contribution >= 4 is 11.7 Å². The summed E-state index contributed by atoms with van der Waals surface area (Å²) in [5.74, 6) is 0.633. The van der Waals surface area contributed by atoms with E-state index in [0.29, 0.717) is 24.5 Å². The van der Waals surface area contributed by atoms with Gasteiger partial charge in [0, 0.05) is 25.5 Å². The lowest BCUT2D eigenvalue weighted by Gasteiger charge is -2.22. The van der Waals surface area contributed by atoms with Crippen LogP contribution < -0.4 is 10.1 Å². The van der Waals surface area contributed by atoms with Crippen molar-refractivity contribution in [3.8, 4) is 5.75 Å². The molecule has 1 N–H and O–H groups in total. The number of hydrogen-bond donors (Lipinski definition) is 1. The standard InChI is InChI=1S/C17H21N3O2/c1-4-11-20(13-14-8-7-12-19(14)2)17(21)18-15-9-5-6-10-16(15)22-3/h4-10,12H,1,11,13H2,2-3H3,(H,18,21). The number of hydrogen-bond acceptors (Lipinski definition) is 2. The maximum Gasteiger partial charge on any atom is 0.322 e. The minimum atomic E-state index is -0.189. The molecule has 0 aliphatic rings. The smallest absolute Gasteiger partial charge is 0.322 e. The molecule has 0 bridgehead atoms. The Balaban J connectivity index is 2.12. The highest BCUT2D eigenvalue weighted by molar-refractivity contribution is 5.91. The van der Waals surface area contributed by atoms with E-state index in [4.69, 9.17) is 4.74 Å². The van der Waals surface area contributed by atoms with Crippen LogP contribution in [0, 0.1) is 0 Å². The number of para-hydroxylation sites is 2. The van der Waals surface area contributed by atoms with Gasteiger partial charge in [-0.25, -0.2) is 4.79 Å². The molecule has 0 aliphatic heterocycles. The third kappa shape index (κ3) is 3.69. The van der Waals surface area contributed by atoms with Crippen LogP contribution in [0.5, 0.6) is 5.75 Å². The Morgan fingerprint density at radius 3 is 2.77 bits per heavy atom. The van der Waals surface area contributed by atoms with Gasteiger partial charge < -0.3 is 19.5 Å². The molecule has 0 spiro atoms. The van der Waals surface area contributed by atoms with Gasteiger partial charge in [0.1, 0.15) is 5.75 Å². The van der Waals surface area contributed by atoms with E-state index in [1.807, 2.05) is 54.2 Å². The molecule has 5 nitrogen and oxygen atoms in total. The number of rotatable bonds is 6. The van der Waals surface area contributed by atoms with Gasteiger partial charge >= 0.3 is 6.03 Å². The first-order valence-corrected chi connectivity index (χ1v) is 7.05. The van der Waals surface area contributed by atoms with Crippen LogP contribution in [-0.4, -0.2) is 29.2 Å². The topological polar surface area (TPSA) is 46.5 Å². The number of amides is 2. The second kappa shape index (κ2) is 7.36. The summed E-state index contributed by atoms with van der Waals surface area (Å²) in [5, 5.41) is 2.88. The average Bonchev–Trinajstić information content (AvgIpc) is 2.92. The van der Waals surface area contributed by atoms with Crippen LogP contribution in [0.1, 0.15) is 5.69 Å². The van der Waals surface area contributed by atoms with Gasteiger partial charge in [-0.15, -0.1) is 6.58 Å². The van der Waals surface area contributed by atoms with E-state index in [9.17, 15) is 4.79 Å². The summed E-state index contributed by atoms with van der Waals surface area (Å²) in [7, 11) is 3.54. The second-order valence-electron chi connectivity index (χ2n) is 4.91. The molecule has 0 atom stereocenters. The number of ether oxygens (including phenoxy) is 1. The van der Waals surface area contributed by atoms with Crippen LogP contribution in [-0.2, 0) is 13.6 Å². The number of methoxy groups -OCH3 is 1. The van der Waals surface area contributed by atoms with Crippen LogP contribution >= 0.6 is 0 Å². The molecule has 0 radical (unpaired) electrons. The summed E-state index contributed by atoms with van der Waals surface area (Å²) < 4.78 is 7.25. The molecule has 0 fully saturated rings. The predicted molar refractivity (Wildman–Crippen MR) is 88.0 cm³/mol. The van der Waals surface area contributed by atoms with Crippen molar-refractivity contribution in [2.45, 2.75) is 6.54 Å². The highest BCUT2D eigenvalue weighted by Gasteiger charge is 2.15. The lowest BCUT2D eigenvalue weighted by atomic mass is 10.3. The maximum atomic E-state index is 12.5. The summed E-state index contributed by atoms with van der Waals surface area (Å²) >= 11 is 0. The minimum Gasteiger partial charge on any atom is -0.495 e. The predicted octanol–water partition coefficient (Wildman–Crippen LogP) is 3.25. The lowest BCUT2D eigenvalue weighted by Crippen LogP contribution is -2.35. The van der Waals surface area contributed by atoms with Gasteiger partial charge in [-0.3, -0.25) is 0 Å². The number of anilines is 1. The monoisotopic (exact) mass is 299 g/mol. The summed E-state index contributed by atoms with van der Waals surface area (Å²) in [5.41, 5.74) is 1.70. The van der Waals surface area contributed by atoms with E-state index >= 15 is 0 Å². The Morgan fingerprint density at radius 2 is 2.14 bits per heavy atom. The second-order valence-corrected chi connectivity index (χ2v) is 4.91. The highest BCUT2D eigenvalue weighted by Crippen LogP contribution is 2.23. The van der Waals surface area contributed by atoms with Gasteiger partial charge in [0.2, 0.25) is 0 Å². The average molecular weight is 299 g/mol. The Kier molecular flexibility index (Phi) is 5.25. The molecule has 0 saturated heterocycles. The fraction of sp³-hybridized carbons (Fsp3) is 0.235. The third-order valence-corrected chi connectivity index (χ3v) is 3.39. The highest BCUT2D eigenvalue weighted by atomic mass is 16.5. The van der Waals surface area contributed by atoms with Crippen LogP contribution in [0.3, 0.4) is 0 Å². The normalized spacial score (nSPS) is 10.1. The van der Waals surface area contributed by atoms with Crippen LogP contribution in [0.2, 0.25) is 0 Å². The van der Waals surface area contributed by atoms with Gasteiger partial charge in [-0.2, -0.15) is 0 Å². The molecule has 0 unspecified atom stereocenters. The van der Waals surface area contributed by atoms with Crippen molar-refractivity contribution in [1.82, 2.24) is 9.47 Å². The van der Waals surface area contributed by atoms with Gasteiger partial charge in [-0.05, 0) is 24.3 Å². The van der Waals surface area contributed by atoms with Gasteiger partial charge in [0.25, 0.3) is 0 Å². The summed E-state index contributed by atoms with van der Waals surface area (Å²) in [6.45, 7) is 4.70. The summed E-state index contributed by atoms with van der Waals surface area (Å²) in [4.78, 5) is 14.2. The molecule has 2 rings (SSSR count). The first-order valence-electron chi connectivity index (χ1n) is 7.05. The molecule has 1 aromatic carbocycles. The van der Waals surface area contributed by atoms with E-state index in [0.717, 1.165) is 5.69 Å². The Morgan fingerprint density at radius 1 is 1.36 bits per heavy atom. The first kappa shape index (κ1) is 15.7. The van der Waals surface area contributed by atoms with Crippen molar-refractivity contribution in [3.05, 3.63) is 60.9 Å². The van der Waals surface area contributed by atoms with Crippen molar-refractivity contribution in [1.29, 1.82) is 0 Å². The Bertz CT molecular complexity index is 649. The van der Waals surface area contributed by atoms with E-state index in [-0.39, 0.29) is 6.03 Å². The minimum absolute atomic E-state index is 0.189. The van der Waals surface area contributed by atoms with E-state index in [1.54, 1.807) is 18.1 Å². The maximum absolute atomic E-state index is 12.5. The molecule has 5 heteroatoms. The summed E-state index contributed by atoms with van der Waals surface area (Å²) in [6, 6.07) is 11.1. The van der Waals surface area contributed by atoms with Crippen molar-refractivity contribution in [2.24, 2.45) is 7.05 Å². The molecule has 0 saturated carbocycles. The molecule has 22 heavy (non-hydrogen) atoms. The van der Waals surface area contributed by atoms with E-state index in [2.05, 4.69) is 11.9 Å². The number of nitrogens with one attached hydrogen (secondary N) is 1. The number of aryl methyl sites for hydroxylation is 1. The Hall–Kier alpha value is -2.69. The van der Waals surface area contributed by atoms with Crippen molar-refractivity contribution < 1.29 is 9.53 Å². The molecule has 0 aliphatic carbocycles. The molecule has 2 aromatic rings. The van der Waals surface area contributed by atoms with Crippen molar-refractivity contribution in [2.75, 3.05) is 19.0 Å². The Labute approximate surface area is 130 Å². The molecular weight excluding hydrogens is 278 g/mol. The summed E-state index contributed by atoms with van der Waals surface area (Å²) in [6.07, 6.45) is 3.67. The van der Waals surface area contributed by atoms with Crippen molar-refractivity contribution in [3.63, 3.8) is 0 Å².